The van der Waals surface area contributed by atoms with Crippen molar-refractivity contribution in [3.63, 3.8) is 0 Å². The molecule has 1 N–H and O–H groups in total. The maximum Gasteiger partial charge on any atom is 0.336 e. The lowest BCUT2D eigenvalue weighted by atomic mass is 9.94. The molecule has 0 bridgehead atoms. The van der Waals surface area contributed by atoms with Crippen molar-refractivity contribution in [2.45, 2.75) is 70.4 Å². The number of halogens is 2. The minimum Gasteiger partial charge on any atom is -0.494 e. The number of aromatic nitrogens is 2. The average Bonchev–Trinajstić information content (AvgIpc) is 3.20. The SMILES string of the molecule is COc1cc(F)cc2c(OC3CCN(Cc4ccccc4)C(Cc4cc(OC5CCN(Cc6ccccc6C(=O)O)CC5)c5cc(F)ccc5n4)C3)cc(C)nc12. The highest BCUT2D eigenvalue weighted by Gasteiger charge is 2.32. The smallest absolute Gasteiger partial charge is 0.336 e. The zero-order chi connectivity index (χ0) is 39.5. The number of carboxylic acid groups (broad SMARTS) is 1. The third-order valence-corrected chi connectivity index (χ3v) is 11.2. The normalized spacial score (nSPS) is 18.2. The molecular formula is C46H46F2N4O5. The van der Waals surface area contributed by atoms with E-state index in [2.05, 4.69) is 39.0 Å². The first-order chi connectivity index (χ1) is 27.7. The van der Waals surface area contributed by atoms with E-state index in [-0.39, 0.29) is 24.1 Å². The number of pyridine rings is 2. The van der Waals surface area contributed by atoms with E-state index in [1.807, 2.05) is 37.3 Å². The molecule has 6 aromatic rings. The highest BCUT2D eigenvalue weighted by atomic mass is 19.1. The van der Waals surface area contributed by atoms with Crippen molar-refractivity contribution in [2.24, 2.45) is 0 Å². The van der Waals surface area contributed by atoms with Gasteiger partial charge >= 0.3 is 5.97 Å². The van der Waals surface area contributed by atoms with Crippen molar-refractivity contribution in [1.82, 2.24) is 19.8 Å². The summed E-state index contributed by atoms with van der Waals surface area (Å²) in [6.07, 6.45) is 3.32. The summed E-state index contributed by atoms with van der Waals surface area (Å²) in [7, 11) is 1.51. The van der Waals surface area contributed by atoms with Gasteiger partial charge in [-0.25, -0.2) is 18.6 Å². The molecule has 8 rings (SSSR count). The van der Waals surface area contributed by atoms with Crippen LogP contribution in [0.5, 0.6) is 17.2 Å². The Morgan fingerprint density at radius 2 is 1.49 bits per heavy atom. The van der Waals surface area contributed by atoms with Gasteiger partial charge in [-0.3, -0.25) is 14.8 Å². The number of carbonyl (C=O) groups is 1. The Bertz CT molecular complexity index is 2390. The molecule has 2 unspecified atom stereocenters. The number of aromatic carboxylic acids is 1. The number of hydrogen-bond acceptors (Lipinski definition) is 8. The summed E-state index contributed by atoms with van der Waals surface area (Å²) < 4.78 is 48.3. The molecule has 0 amide bonds. The number of ether oxygens (including phenoxy) is 3. The molecule has 57 heavy (non-hydrogen) atoms. The van der Waals surface area contributed by atoms with Crippen molar-refractivity contribution in [3.05, 3.63) is 137 Å². The molecule has 2 aromatic heterocycles. The standard InChI is InChI=1S/C46H46F2N4O5/c1-29-20-42(40-22-33(48)23-44(55-2)45(40)49-29)57-37-16-19-52(27-30-8-4-3-5-9-30)35(26-37)24-34-25-43(39-21-32(47)12-13-41(39)50-34)56-36-14-17-51(18-15-36)28-31-10-6-7-11-38(31)46(53)54/h3-13,20-23,25,35-37H,14-19,24,26-28H2,1-2H3,(H,53,54). The van der Waals surface area contributed by atoms with Crippen LogP contribution in [-0.2, 0) is 19.5 Å². The molecule has 2 atom stereocenters. The van der Waals surface area contributed by atoms with Gasteiger partial charge in [-0.15, -0.1) is 0 Å². The Labute approximate surface area is 330 Å². The second-order valence-electron chi connectivity index (χ2n) is 15.2. The zero-order valence-electron chi connectivity index (χ0n) is 32.2. The number of methoxy groups -OCH3 is 1. The lowest BCUT2D eigenvalue weighted by molar-refractivity contribution is 0.0512. The van der Waals surface area contributed by atoms with Crippen LogP contribution in [0.3, 0.4) is 0 Å². The van der Waals surface area contributed by atoms with Crippen molar-refractivity contribution >= 4 is 27.8 Å². The third kappa shape index (κ3) is 8.85. The first-order valence-electron chi connectivity index (χ1n) is 19.6. The molecule has 0 saturated carbocycles. The predicted molar refractivity (Wildman–Crippen MR) is 215 cm³/mol. The maximum absolute atomic E-state index is 14.7. The molecular weight excluding hydrogens is 727 g/mol. The average molecular weight is 773 g/mol. The van der Waals surface area contributed by atoms with Crippen LogP contribution in [0.15, 0.2) is 97.1 Å². The first-order valence-corrected chi connectivity index (χ1v) is 19.6. The second kappa shape index (κ2) is 16.8. The summed E-state index contributed by atoms with van der Waals surface area (Å²) in [6.45, 7) is 5.47. The van der Waals surface area contributed by atoms with Crippen molar-refractivity contribution in [3.8, 4) is 17.2 Å². The van der Waals surface area contributed by atoms with Crippen molar-refractivity contribution < 1.29 is 32.9 Å². The molecule has 2 saturated heterocycles. The van der Waals surface area contributed by atoms with Gasteiger partial charge in [0.15, 0.2) is 0 Å². The number of fused-ring (bicyclic) bond motifs is 2. The largest absolute Gasteiger partial charge is 0.494 e. The van der Waals surface area contributed by atoms with Crippen LogP contribution < -0.4 is 14.2 Å². The van der Waals surface area contributed by atoms with E-state index in [1.165, 1.54) is 36.9 Å². The first kappa shape index (κ1) is 38.2. The Kier molecular flexibility index (Phi) is 11.3. The molecule has 11 heteroatoms. The number of likely N-dealkylation sites (tertiary alicyclic amines) is 2. The maximum atomic E-state index is 14.7. The van der Waals surface area contributed by atoms with E-state index in [0.717, 1.165) is 62.4 Å². The molecule has 4 heterocycles. The van der Waals surface area contributed by atoms with Crippen LogP contribution in [-0.4, -0.2) is 75.8 Å². The van der Waals surface area contributed by atoms with Gasteiger partial charge in [0, 0.05) is 92.0 Å². The van der Waals surface area contributed by atoms with Gasteiger partial charge in [-0.1, -0.05) is 48.5 Å². The summed E-state index contributed by atoms with van der Waals surface area (Å²) in [4.78, 5) is 26.2. The van der Waals surface area contributed by atoms with Gasteiger partial charge in [-0.2, -0.15) is 0 Å². The Hall–Kier alpha value is -5.65. The molecule has 4 aromatic carbocycles. The summed E-state index contributed by atoms with van der Waals surface area (Å²) in [5, 5.41) is 10.9. The molecule has 0 radical (unpaired) electrons. The number of aryl methyl sites for hydroxylation is 1. The van der Waals surface area contributed by atoms with E-state index < -0.39 is 11.8 Å². The van der Waals surface area contributed by atoms with Gasteiger partial charge in [-0.05, 0) is 67.6 Å². The van der Waals surface area contributed by atoms with E-state index in [0.29, 0.717) is 64.0 Å². The number of piperidine rings is 2. The van der Waals surface area contributed by atoms with Crippen molar-refractivity contribution in [1.29, 1.82) is 0 Å². The summed E-state index contributed by atoms with van der Waals surface area (Å²) in [5.41, 5.74) is 5.14. The van der Waals surface area contributed by atoms with E-state index in [1.54, 1.807) is 18.2 Å². The fraction of sp³-hybridized carbons (Fsp3) is 0.326. The van der Waals surface area contributed by atoms with E-state index in [9.17, 15) is 18.7 Å². The Morgan fingerprint density at radius 3 is 2.28 bits per heavy atom. The summed E-state index contributed by atoms with van der Waals surface area (Å²) in [6, 6.07) is 28.8. The van der Waals surface area contributed by atoms with Gasteiger partial charge in [0.05, 0.1) is 18.2 Å². The lowest BCUT2D eigenvalue weighted by Crippen LogP contribution is -2.46. The molecule has 0 aliphatic carbocycles. The Morgan fingerprint density at radius 1 is 0.772 bits per heavy atom. The third-order valence-electron chi connectivity index (χ3n) is 11.2. The molecule has 2 aliphatic heterocycles. The van der Waals surface area contributed by atoms with Crippen LogP contribution in [0, 0.1) is 18.6 Å². The van der Waals surface area contributed by atoms with E-state index in [4.69, 9.17) is 19.2 Å². The number of nitrogens with zero attached hydrogens (tertiary/aromatic N) is 4. The van der Waals surface area contributed by atoms with Gasteiger partial charge in [0.2, 0.25) is 0 Å². The van der Waals surface area contributed by atoms with Crippen LogP contribution in [0.2, 0.25) is 0 Å². The van der Waals surface area contributed by atoms with Crippen LogP contribution in [0.4, 0.5) is 8.78 Å². The minimum atomic E-state index is -0.925. The van der Waals surface area contributed by atoms with Crippen LogP contribution in [0.25, 0.3) is 21.8 Å². The molecule has 294 valence electrons. The van der Waals surface area contributed by atoms with Crippen molar-refractivity contribution in [2.75, 3.05) is 26.7 Å². The quantitative estimate of drug-likeness (QED) is 0.131. The number of carboxylic acids is 1. The van der Waals surface area contributed by atoms with Gasteiger partial charge in [0.25, 0.3) is 0 Å². The highest BCUT2D eigenvalue weighted by Crippen LogP contribution is 2.36. The number of hydrogen-bond donors (Lipinski definition) is 1. The zero-order valence-corrected chi connectivity index (χ0v) is 32.2. The van der Waals surface area contributed by atoms with Gasteiger partial charge < -0.3 is 19.3 Å². The van der Waals surface area contributed by atoms with Gasteiger partial charge in [0.1, 0.15) is 46.6 Å². The second-order valence-corrected chi connectivity index (χ2v) is 15.2. The molecule has 0 spiro atoms. The van der Waals surface area contributed by atoms with Crippen LogP contribution in [0.1, 0.15) is 58.6 Å². The fourth-order valence-electron chi connectivity index (χ4n) is 8.33. The molecule has 2 fully saturated rings. The predicted octanol–water partition coefficient (Wildman–Crippen LogP) is 8.77. The number of rotatable bonds is 12. The Balaban J connectivity index is 1.04. The lowest BCUT2D eigenvalue weighted by Gasteiger charge is -2.39. The highest BCUT2D eigenvalue weighted by molar-refractivity contribution is 5.90. The summed E-state index contributed by atoms with van der Waals surface area (Å²) in [5.74, 6) is -0.150. The molecule has 9 nitrogen and oxygen atoms in total. The monoisotopic (exact) mass is 772 g/mol. The number of benzene rings is 4. The van der Waals surface area contributed by atoms with Crippen LogP contribution >= 0.6 is 0 Å². The topological polar surface area (TPSA) is 97.2 Å². The minimum absolute atomic E-state index is 0.0413. The summed E-state index contributed by atoms with van der Waals surface area (Å²) >= 11 is 0. The molecule has 2 aliphatic rings. The van der Waals surface area contributed by atoms with E-state index >= 15 is 0 Å². The fourth-order valence-corrected chi connectivity index (χ4v) is 8.33.